The number of primary amides is 2. The number of carbonyl (C=O) groups is 5. The van der Waals surface area contributed by atoms with E-state index in [0.29, 0.717) is 85.8 Å². The highest BCUT2D eigenvalue weighted by Crippen LogP contribution is 2.40. The fraction of sp³-hybridized carbons (Fsp3) is 0.422. The van der Waals surface area contributed by atoms with E-state index in [-0.39, 0.29) is 48.5 Å². The van der Waals surface area contributed by atoms with Gasteiger partial charge in [0.2, 0.25) is 23.3 Å². The van der Waals surface area contributed by atoms with Crippen molar-refractivity contribution >= 4 is 99.4 Å². The molecule has 3 saturated heterocycles. The highest BCUT2D eigenvalue weighted by Gasteiger charge is 2.44. The summed E-state index contributed by atoms with van der Waals surface area (Å²) in [5.41, 5.74) is 12.4. The molecule has 484 valence electrons. The summed E-state index contributed by atoms with van der Waals surface area (Å²) < 4.78 is 76.7. The summed E-state index contributed by atoms with van der Waals surface area (Å²) in [6.07, 6.45) is 6.57. The van der Waals surface area contributed by atoms with Gasteiger partial charge in [-0.05, 0) is 121 Å². The standard InChI is InChI=1S/C23H27FN4O4.C18H19BrFN3O4.C18H17BrFN3O3.C5H9N/c1-5-14-18(27-22(30)20(14)24)12-32-23-16-10-19(31-4)17(21(25)29)9-15(16)13(11-26-23)7-6-8-28(2)3;1-3-8-13(23-17(25)15(8)20)7-27-18-10-5-14(26-2)11(16(21)24)4-9(10)12(19)6-22-18;1-4-9-14(23-17(24)16(9)20)8-26-18-11-6-15(25-3)13(21-2)5-10(11)12(19)7-22-18;1-4-5-6(2)3/h9-11,14,18,20H,5,8,12H2,1-4H3,(H2,25,29)(H,27,30);4-6,8,13,15H,3,7H2,1-2H3,(H2,21,24)(H,23,25);5-7,9,14,16H,4,8H2,1,3H3,(H,23,24);1H,5H2,2-3H3/t14-,18+,20-;8-,13+,15-;9-,14+,16-;/m000./s1. The Kier molecular flexibility index (Phi) is 25.8. The van der Waals surface area contributed by atoms with Crippen LogP contribution in [-0.2, 0) is 14.4 Å². The fourth-order valence-corrected chi connectivity index (χ4v) is 11.2. The predicted octanol–water partition coefficient (Wildman–Crippen LogP) is 7.82. The molecule has 22 nitrogen and oxygen atoms in total. The van der Waals surface area contributed by atoms with Gasteiger partial charge < -0.3 is 55.8 Å². The number of alkyl halides is 3. The largest absolute Gasteiger partial charge is 0.508 e. The SMILES string of the molecule is C#CCN(C)C.CC[C@@H]1[C@H](F)C(=O)N[C@@H]1COc1ncc(Br)c2cc(C(N)=O)c(OC)cc12.CC[C@@H]1[C@H](F)C(=O)N[C@@H]1COc1ncc(C#CCN(C)C)c2cc(C(N)=O)c(OC)cc12.[C-]#[N+]c1cc2c(Br)cnc(OC[C@H]3NC(=O)[C@@H](F)[C@H]3CC)c2cc1OC. The molecule has 9 rings (SSSR count). The fourth-order valence-electron chi connectivity index (χ4n) is 10.3. The van der Waals surface area contributed by atoms with Crippen LogP contribution in [0.3, 0.4) is 0 Å². The summed E-state index contributed by atoms with van der Waals surface area (Å²) in [6, 6.07) is 8.51. The van der Waals surface area contributed by atoms with Crippen LogP contribution >= 0.6 is 31.9 Å². The Morgan fingerprint density at radius 2 is 0.956 bits per heavy atom. The topological polar surface area (TPSA) is 278 Å². The Bertz CT molecular complexity index is 3820. The number of pyridine rings is 3. The number of hydrogen-bond donors (Lipinski definition) is 5. The van der Waals surface area contributed by atoms with E-state index in [1.54, 1.807) is 48.8 Å². The molecule has 91 heavy (non-hydrogen) atoms. The first kappa shape index (κ1) is 71.4. The summed E-state index contributed by atoms with van der Waals surface area (Å²) >= 11 is 6.82. The van der Waals surface area contributed by atoms with Crippen molar-refractivity contribution in [2.75, 3.05) is 82.4 Å². The minimum atomic E-state index is -1.55. The van der Waals surface area contributed by atoms with Crippen molar-refractivity contribution in [1.29, 1.82) is 0 Å². The van der Waals surface area contributed by atoms with Gasteiger partial charge >= 0.3 is 0 Å². The van der Waals surface area contributed by atoms with Crippen molar-refractivity contribution in [2.24, 2.45) is 29.2 Å². The van der Waals surface area contributed by atoms with Crippen LogP contribution in [0.15, 0.2) is 63.9 Å². The van der Waals surface area contributed by atoms with Crippen molar-refractivity contribution in [3.8, 4) is 59.1 Å². The summed E-state index contributed by atoms with van der Waals surface area (Å²) in [5.74, 6) is 6.06. The number of nitrogens with two attached hydrogens (primary N) is 2. The van der Waals surface area contributed by atoms with Gasteiger partial charge in [-0.1, -0.05) is 38.5 Å². The van der Waals surface area contributed by atoms with Gasteiger partial charge in [0.15, 0.2) is 18.5 Å². The Balaban J connectivity index is 0.000000208. The normalized spacial score (nSPS) is 20.4. The molecule has 7 N–H and O–H groups in total. The molecule has 5 amide bonds. The van der Waals surface area contributed by atoms with Crippen molar-refractivity contribution in [3.63, 3.8) is 0 Å². The summed E-state index contributed by atoms with van der Waals surface area (Å²) in [7, 11) is 12.1. The number of terminal acetylenes is 1. The average Bonchev–Trinajstić information content (AvgIpc) is 1.78. The molecule has 0 saturated carbocycles. The van der Waals surface area contributed by atoms with Gasteiger partial charge in [0.25, 0.3) is 29.5 Å². The monoisotopic (exact) mass is 1390 g/mol. The summed E-state index contributed by atoms with van der Waals surface area (Å²) in [6.45, 7) is 14.3. The minimum Gasteiger partial charge on any atom is -0.508 e. The van der Waals surface area contributed by atoms with Gasteiger partial charge in [-0.15, -0.1) is 6.42 Å². The second-order valence-electron chi connectivity index (χ2n) is 21.6. The molecule has 0 aliphatic carbocycles. The van der Waals surface area contributed by atoms with Crippen molar-refractivity contribution in [1.82, 2.24) is 40.7 Å². The smallest absolute Gasteiger partial charge is 0.255 e. The van der Waals surface area contributed by atoms with E-state index in [1.165, 1.54) is 27.5 Å². The molecular formula is C64H72Br2F3N11O11. The van der Waals surface area contributed by atoms with E-state index in [4.69, 9.17) is 52.9 Å². The maximum absolute atomic E-state index is 14.1. The number of fused-ring (bicyclic) bond motifs is 3. The summed E-state index contributed by atoms with van der Waals surface area (Å²) in [5, 5.41) is 11.8. The molecule has 3 aromatic heterocycles. The summed E-state index contributed by atoms with van der Waals surface area (Å²) in [4.78, 5) is 78.7. The van der Waals surface area contributed by atoms with E-state index in [1.807, 2.05) is 58.8 Å². The zero-order valence-corrected chi connectivity index (χ0v) is 55.0. The molecule has 9 atom stereocenters. The van der Waals surface area contributed by atoms with Gasteiger partial charge in [0.1, 0.15) is 37.1 Å². The van der Waals surface area contributed by atoms with Crippen LogP contribution in [0.1, 0.15) is 66.3 Å². The number of methoxy groups -OCH3 is 3. The molecule has 6 heterocycles. The quantitative estimate of drug-likeness (QED) is 0.0382. The number of carbonyl (C=O) groups excluding carboxylic acids is 5. The van der Waals surface area contributed by atoms with Gasteiger partial charge in [0.05, 0.1) is 75.8 Å². The molecule has 0 bridgehead atoms. The maximum Gasteiger partial charge on any atom is 0.255 e. The highest BCUT2D eigenvalue weighted by molar-refractivity contribution is 9.11. The number of hydrogen-bond acceptors (Lipinski definition) is 16. The molecular weight excluding hydrogens is 1320 g/mol. The van der Waals surface area contributed by atoms with Gasteiger partial charge in [-0.25, -0.2) is 33.0 Å². The highest BCUT2D eigenvalue weighted by atomic mass is 79.9. The third kappa shape index (κ3) is 17.2. The second-order valence-corrected chi connectivity index (χ2v) is 23.3. The van der Waals surface area contributed by atoms with Gasteiger partial charge in [-0.2, -0.15) is 0 Å². The molecule has 3 aliphatic rings. The van der Waals surface area contributed by atoms with Crippen LogP contribution in [0.2, 0.25) is 0 Å². The van der Waals surface area contributed by atoms with Crippen LogP contribution in [0.5, 0.6) is 34.9 Å². The molecule has 0 radical (unpaired) electrons. The number of benzene rings is 3. The first-order valence-corrected chi connectivity index (χ1v) is 30.2. The molecule has 27 heteroatoms. The van der Waals surface area contributed by atoms with Crippen molar-refractivity contribution < 1.29 is 65.6 Å². The van der Waals surface area contributed by atoms with Crippen molar-refractivity contribution in [3.05, 3.63) is 92.0 Å². The Morgan fingerprint density at radius 3 is 1.30 bits per heavy atom. The van der Waals surface area contributed by atoms with E-state index >= 15 is 0 Å². The first-order valence-electron chi connectivity index (χ1n) is 28.6. The average molecular weight is 1390 g/mol. The van der Waals surface area contributed by atoms with Crippen LogP contribution in [0.4, 0.5) is 18.9 Å². The number of nitrogens with zero attached hydrogens (tertiary/aromatic N) is 6. The lowest BCUT2D eigenvalue weighted by molar-refractivity contribution is -0.124. The van der Waals surface area contributed by atoms with E-state index in [9.17, 15) is 37.1 Å². The maximum atomic E-state index is 14.1. The molecule has 3 aromatic carbocycles. The van der Waals surface area contributed by atoms with E-state index in [2.05, 4.69) is 85.4 Å². The van der Waals surface area contributed by atoms with Crippen LogP contribution in [0, 0.1) is 48.5 Å². The Labute approximate surface area is 542 Å². The van der Waals surface area contributed by atoms with Gasteiger partial charge in [-0.3, -0.25) is 33.8 Å². The second kappa shape index (κ2) is 32.9. The minimum absolute atomic E-state index is 0.0539. The molecule has 3 aliphatic heterocycles. The first-order chi connectivity index (χ1) is 43.4. The lowest BCUT2D eigenvalue weighted by Crippen LogP contribution is -2.34. The Morgan fingerprint density at radius 1 is 0.593 bits per heavy atom. The Hall–Kier alpha value is -8.68. The zero-order chi connectivity index (χ0) is 67.0. The third-order valence-electron chi connectivity index (χ3n) is 15.1. The van der Waals surface area contributed by atoms with Crippen LogP contribution < -0.4 is 55.8 Å². The van der Waals surface area contributed by atoms with Crippen LogP contribution in [0.25, 0.3) is 37.2 Å². The number of aromatic nitrogens is 3. The molecule has 6 aromatic rings. The van der Waals surface area contributed by atoms with Crippen LogP contribution in [-0.4, -0.2) is 173 Å². The van der Waals surface area contributed by atoms with Crippen molar-refractivity contribution in [2.45, 2.75) is 76.7 Å². The number of nitrogens with one attached hydrogen (secondary N) is 3. The zero-order valence-electron chi connectivity index (χ0n) is 51.8. The lowest BCUT2D eigenvalue weighted by atomic mass is 9.97. The number of amides is 5. The van der Waals surface area contributed by atoms with Gasteiger partial charge in [0, 0.05) is 72.2 Å². The third-order valence-corrected chi connectivity index (χ3v) is 16.4. The number of ether oxygens (including phenoxy) is 6. The number of rotatable bonds is 19. The predicted molar refractivity (Wildman–Crippen MR) is 345 cm³/mol. The number of halogens is 5. The molecule has 3 fully saturated rings. The van der Waals surface area contributed by atoms with E-state index < -0.39 is 83.9 Å². The molecule has 0 spiro atoms. The van der Waals surface area contributed by atoms with E-state index in [0.717, 1.165) is 16.4 Å². The molecule has 0 unspecified atom stereocenters. The lowest BCUT2D eigenvalue weighted by Gasteiger charge is -2.19.